The van der Waals surface area contributed by atoms with Gasteiger partial charge in [-0.25, -0.2) is 0 Å². The number of hydrogen-bond donors (Lipinski definition) is 1. The van der Waals surface area contributed by atoms with Crippen molar-refractivity contribution in [2.45, 2.75) is 19.4 Å². The Labute approximate surface area is 182 Å². The van der Waals surface area contributed by atoms with Crippen LogP contribution in [-0.4, -0.2) is 36.5 Å². The lowest BCUT2D eigenvalue weighted by molar-refractivity contribution is -0.117. The summed E-state index contributed by atoms with van der Waals surface area (Å²) in [6, 6.07) is 9.72. The van der Waals surface area contributed by atoms with Gasteiger partial charge < -0.3 is 14.8 Å². The molecule has 0 saturated carbocycles. The standard InChI is InChI=1S/C22H20N2O4S2/c1-13(25)15-9-17-18(28-12-27-17)10-16(15)23-21(26)11-24-6-4-19-14(5-8-30-19)22(24)20-3-2-7-29-20/h2-3,5,7-10,22H,4,6,11-12H2,1H3,(H,23,26)/t22-/m1/s1. The molecule has 0 bridgehead atoms. The lowest BCUT2D eigenvalue weighted by atomic mass is 9.98. The number of rotatable bonds is 5. The number of Topliss-reactive ketones (excluding diaryl/α,β-unsaturated/α-hetero) is 1. The number of nitrogens with one attached hydrogen (secondary N) is 1. The molecule has 1 atom stereocenters. The lowest BCUT2D eigenvalue weighted by Crippen LogP contribution is -2.40. The minimum atomic E-state index is -0.156. The van der Waals surface area contributed by atoms with Crippen LogP contribution in [0.5, 0.6) is 11.5 Å². The van der Waals surface area contributed by atoms with Crippen molar-refractivity contribution in [3.8, 4) is 11.5 Å². The van der Waals surface area contributed by atoms with E-state index < -0.39 is 0 Å². The number of ether oxygens (including phenoxy) is 2. The predicted molar refractivity (Wildman–Crippen MR) is 117 cm³/mol. The third-order valence-electron chi connectivity index (χ3n) is 5.39. The summed E-state index contributed by atoms with van der Waals surface area (Å²) in [6.07, 6.45) is 0.935. The zero-order valence-corrected chi connectivity index (χ0v) is 18.0. The molecule has 4 heterocycles. The molecule has 1 amide bonds. The van der Waals surface area contributed by atoms with Gasteiger partial charge in [0, 0.05) is 27.9 Å². The molecule has 154 valence electrons. The number of benzene rings is 1. The van der Waals surface area contributed by atoms with Gasteiger partial charge in [0.05, 0.1) is 18.3 Å². The van der Waals surface area contributed by atoms with Gasteiger partial charge in [0.25, 0.3) is 0 Å². The summed E-state index contributed by atoms with van der Waals surface area (Å²) in [6.45, 7) is 2.64. The average molecular weight is 441 g/mol. The molecule has 0 saturated heterocycles. The molecule has 6 nitrogen and oxygen atoms in total. The molecule has 0 aliphatic carbocycles. The van der Waals surface area contributed by atoms with E-state index in [9.17, 15) is 9.59 Å². The van der Waals surface area contributed by atoms with E-state index in [0.29, 0.717) is 22.7 Å². The lowest BCUT2D eigenvalue weighted by Gasteiger charge is -2.34. The first-order valence-corrected chi connectivity index (χ1v) is 11.4. The van der Waals surface area contributed by atoms with E-state index in [1.165, 1.54) is 22.2 Å². The van der Waals surface area contributed by atoms with Crippen LogP contribution in [0.2, 0.25) is 0 Å². The van der Waals surface area contributed by atoms with E-state index in [0.717, 1.165) is 13.0 Å². The Morgan fingerprint density at radius 1 is 1.17 bits per heavy atom. The maximum Gasteiger partial charge on any atom is 0.238 e. The fraction of sp³-hybridized carbons (Fsp3) is 0.273. The number of ketones is 1. The molecule has 5 rings (SSSR count). The highest BCUT2D eigenvalue weighted by Gasteiger charge is 2.31. The van der Waals surface area contributed by atoms with Crippen molar-refractivity contribution in [2.75, 3.05) is 25.2 Å². The smallest absolute Gasteiger partial charge is 0.238 e. The van der Waals surface area contributed by atoms with Crippen LogP contribution in [0, 0.1) is 0 Å². The van der Waals surface area contributed by atoms with Gasteiger partial charge in [0.15, 0.2) is 17.3 Å². The monoisotopic (exact) mass is 440 g/mol. The maximum atomic E-state index is 13.0. The molecule has 0 radical (unpaired) electrons. The van der Waals surface area contributed by atoms with Crippen molar-refractivity contribution in [1.29, 1.82) is 0 Å². The number of anilines is 1. The summed E-state index contributed by atoms with van der Waals surface area (Å²) in [5.74, 6) is 0.766. The first-order valence-electron chi connectivity index (χ1n) is 9.68. The van der Waals surface area contributed by atoms with E-state index in [4.69, 9.17) is 9.47 Å². The molecule has 3 aromatic rings. The first-order chi connectivity index (χ1) is 14.6. The van der Waals surface area contributed by atoms with Gasteiger partial charge in [-0.1, -0.05) is 6.07 Å². The van der Waals surface area contributed by atoms with Gasteiger partial charge in [-0.2, -0.15) is 0 Å². The van der Waals surface area contributed by atoms with Crippen LogP contribution >= 0.6 is 22.7 Å². The number of carbonyl (C=O) groups is 2. The molecule has 2 aromatic heterocycles. The van der Waals surface area contributed by atoms with Crippen LogP contribution in [0.25, 0.3) is 0 Å². The molecule has 1 aromatic carbocycles. The highest BCUT2D eigenvalue weighted by molar-refractivity contribution is 7.10. The molecule has 2 aliphatic heterocycles. The van der Waals surface area contributed by atoms with Gasteiger partial charge in [0.1, 0.15) is 0 Å². The summed E-state index contributed by atoms with van der Waals surface area (Å²) in [5.41, 5.74) is 2.16. The molecule has 8 heteroatoms. The van der Waals surface area contributed by atoms with Crippen molar-refractivity contribution in [1.82, 2.24) is 4.90 Å². The van der Waals surface area contributed by atoms with Gasteiger partial charge in [-0.05, 0) is 47.9 Å². The third kappa shape index (κ3) is 3.51. The number of thiophene rings is 2. The zero-order valence-electron chi connectivity index (χ0n) is 16.3. The number of fused-ring (bicyclic) bond motifs is 2. The SMILES string of the molecule is CC(=O)c1cc2c(cc1NC(=O)CN1CCc3sccc3[C@@H]1c1cccs1)OCO2. The second kappa shape index (κ2) is 7.86. The quantitative estimate of drug-likeness (QED) is 0.598. The van der Waals surface area contributed by atoms with E-state index in [1.54, 1.807) is 34.8 Å². The van der Waals surface area contributed by atoms with E-state index in [1.807, 2.05) is 6.07 Å². The van der Waals surface area contributed by atoms with Crippen molar-refractivity contribution in [3.05, 3.63) is 62.0 Å². The molecular weight excluding hydrogens is 420 g/mol. The number of hydrogen-bond acceptors (Lipinski definition) is 7. The fourth-order valence-corrected chi connectivity index (χ4v) is 5.81. The Hall–Kier alpha value is -2.68. The van der Waals surface area contributed by atoms with Crippen LogP contribution in [0.1, 0.15) is 38.6 Å². The van der Waals surface area contributed by atoms with Crippen molar-refractivity contribution in [2.24, 2.45) is 0 Å². The molecule has 2 aliphatic rings. The van der Waals surface area contributed by atoms with Crippen molar-refractivity contribution >= 4 is 40.1 Å². The summed E-state index contributed by atoms with van der Waals surface area (Å²) >= 11 is 3.49. The molecular formula is C22H20N2O4S2. The van der Waals surface area contributed by atoms with Gasteiger partial charge in [-0.15, -0.1) is 22.7 Å². The predicted octanol–water partition coefficient (Wildman–Crippen LogP) is 4.33. The molecule has 0 spiro atoms. The fourth-order valence-electron chi connectivity index (χ4n) is 4.03. The Bertz CT molecular complexity index is 1110. The van der Waals surface area contributed by atoms with Crippen LogP contribution < -0.4 is 14.8 Å². The summed E-state index contributed by atoms with van der Waals surface area (Å²) < 4.78 is 10.8. The molecule has 0 fully saturated rings. The van der Waals surface area contributed by atoms with Crippen LogP contribution in [0.15, 0.2) is 41.1 Å². The average Bonchev–Trinajstić information content (AvgIpc) is 3.48. The largest absolute Gasteiger partial charge is 0.454 e. The Balaban J connectivity index is 1.39. The number of amides is 1. The van der Waals surface area contributed by atoms with E-state index in [2.05, 4.69) is 33.1 Å². The second-order valence-electron chi connectivity index (χ2n) is 7.29. The van der Waals surface area contributed by atoms with Crippen LogP contribution in [-0.2, 0) is 11.2 Å². The zero-order chi connectivity index (χ0) is 20.7. The summed E-state index contributed by atoms with van der Waals surface area (Å²) in [5, 5.41) is 7.12. The van der Waals surface area contributed by atoms with Crippen molar-refractivity contribution in [3.63, 3.8) is 0 Å². The number of carbonyl (C=O) groups excluding carboxylic acids is 2. The Morgan fingerprint density at radius 2 is 2.00 bits per heavy atom. The second-order valence-corrected chi connectivity index (χ2v) is 9.27. The van der Waals surface area contributed by atoms with Gasteiger partial charge in [-0.3, -0.25) is 14.5 Å². The highest BCUT2D eigenvalue weighted by Crippen LogP contribution is 2.40. The third-order valence-corrected chi connectivity index (χ3v) is 7.31. The van der Waals surface area contributed by atoms with Crippen LogP contribution in [0.4, 0.5) is 5.69 Å². The maximum absolute atomic E-state index is 13.0. The minimum Gasteiger partial charge on any atom is -0.454 e. The van der Waals surface area contributed by atoms with E-state index in [-0.39, 0.29) is 31.1 Å². The molecule has 0 unspecified atom stereocenters. The topological polar surface area (TPSA) is 67.9 Å². The van der Waals surface area contributed by atoms with Gasteiger partial charge in [0.2, 0.25) is 12.7 Å². The first kappa shape index (κ1) is 19.3. The minimum absolute atomic E-state index is 0.0785. The number of nitrogens with zero attached hydrogens (tertiary/aromatic N) is 1. The summed E-state index contributed by atoms with van der Waals surface area (Å²) in [4.78, 5) is 29.9. The normalized spacial score (nSPS) is 17.6. The van der Waals surface area contributed by atoms with E-state index >= 15 is 0 Å². The molecule has 1 N–H and O–H groups in total. The van der Waals surface area contributed by atoms with Crippen molar-refractivity contribution < 1.29 is 19.1 Å². The Morgan fingerprint density at radius 3 is 2.77 bits per heavy atom. The highest BCUT2D eigenvalue weighted by atomic mass is 32.1. The van der Waals surface area contributed by atoms with Crippen LogP contribution in [0.3, 0.4) is 0 Å². The Kier molecular flexibility index (Phi) is 5.06. The molecule has 30 heavy (non-hydrogen) atoms. The summed E-state index contributed by atoms with van der Waals surface area (Å²) in [7, 11) is 0. The van der Waals surface area contributed by atoms with Gasteiger partial charge >= 0.3 is 0 Å².